The molecular weight excluding hydrogens is 396 g/mol. The summed E-state index contributed by atoms with van der Waals surface area (Å²) in [6.07, 6.45) is 0.307. The second-order valence-electron chi connectivity index (χ2n) is 7.47. The van der Waals surface area contributed by atoms with Gasteiger partial charge in [-0.25, -0.2) is 4.98 Å². The first-order valence-electron chi connectivity index (χ1n) is 9.85. The Morgan fingerprint density at radius 1 is 1.23 bits per heavy atom. The van der Waals surface area contributed by atoms with Gasteiger partial charge in [0.15, 0.2) is 6.61 Å². The molecule has 1 aliphatic heterocycles. The van der Waals surface area contributed by atoms with E-state index in [2.05, 4.69) is 20.4 Å². The van der Waals surface area contributed by atoms with Crippen molar-refractivity contribution in [2.45, 2.75) is 19.3 Å². The first-order valence-corrected chi connectivity index (χ1v) is 9.85. The summed E-state index contributed by atoms with van der Waals surface area (Å²) in [6, 6.07) is 15.0. The van der Waals surface area contributed by atoms with Crippen LogP contribution in [-0.4, -0.2) is 38.2 Å². The molecule has 9 heteroatoms. The Morgan fingerprint density at radius 3 is 2.74 bits per heavy atom. The molecule has 31 heavy (non-hydrogen) atoms. The third-order valence-corrected chi connectivity index (χ3v) is 5.34. The number of rotatable bonds is 5. The zero-order valence-electron chi connectivity index (χ0n) is 16.8. The highest BCUT2D eigenvalue weighted by atomic mass is 16.5. The molecule has 156 valence electrons. The number of fused-ring (bicyclic) bond motifs is 2. The largest absolute Gasteiger partial charge is 0.484 e. The van der Waals surface area contributed by atoms with E-state index in [9.17, 15) is 9.59 Å². The van der Waals surface area contributed by atoms with E-state index in [0.717, 1.165) is 27.9 Å². The number of carbonyl (C=O) groups is 2. The number of benzene rings is 2. The molecule has 0 saturated carbocycles. The van der Waals surface area contributed by atoms with Crippen LogP contribution in [0.15, 0.2) is 48.5 Å². The lowest BCUT2D eigenvalue weighted by Gasteiger charge is -2.24. The molecule has 1 aliphatic rings. The van der Waals surface area contributed by atoms with E-state index >= 15 is 0 Å². The quantitative estimate of drug-likeness (QED) is 0.460. The van der Waals surface area contributed by atoms with Crippen molar-refractivity contribution in [1.29, 1.82) is 0 Å². The van der Waals surface area contributed by atoms with Gasteiger partial charge in [-0.3, -0.25) is 9.59 Å². The summed E-state index contributed by atoms with van der Waals surface area (Å²) in [7, 11) is 0. The summed E-state index contributed by atoms with van der Waals surface area (Å²) < 4.78 is 6.98. The molecule has 0 unspecified atom stereocenters. The van der Waals surface area contributed by atoms with Crippen LogP contribution < -0.4 is 15.8 Å². The van der Waals surface area contributed by atoms with Gasteiger partial charge in [0.2, 0.25) is 11.9 Å². The molecule has 4 aromatic rings. The summed E-state index contributed by atoms with van der Waals surface area (Å²) in [5, 5.41) is 7.63. The van der Waals surface area contributed by atoms with Gasteiger partial charge in [0, 0.05) is 17.9 Å². The molecule has 3 heterocycles. The number of hydrogen-bond acceptors (Lipinski definition) is 5. The molecule has 2 aromatic carbocycles. The SMILES string of the molecule is Cc1nn(-c2nc3ccccc3[nH]2)c2c1[C@H](c1ccc(OCC(N)=O)cc1)CC(=O)N2. The number of amides is 2. The number of H-pyrrole nitrogens is 1. The molecule has 0 saturated heterocycles. The Balaban J connectivity index is 1.53. The van der Waals surface area contributed by atoms with Crippen molar-refractivity contribution in [1.82, 2.24) is 19.7 Å². The van der Waals surface area contributed by atoms with Crippen LogP contribution >= 0.6 is 0 Å². The van der Waals surface area contributed by atoms with Crippen LogP contribution in [0, 0.1) is 6.92 Å². The van der Waals surface area contributed by atoms with Gasteiger partial charge in [0.25, 0.3) is 5.91 Å². The Bertz CT molecular complexity index is 1270. The van der Waals surface area contributed by atoms with Gasteiger partial charge in [-0.2, -0.15) is 9.78 Å². The van der Waals surface area contributed by atoms with Crippen LogP contribution in [0.4, 0.5) is 5.82 Å². The Labute approximate surface area is 177 Å². The van der Waals surface area contributed by atoms with Crippen molar-refractivity contribution in [3.05, 3.63) is 65.4 Å². The third kappa shape index (κ3) is 3.39. The molecule has 0 radical (unpaired) electrons. The molecule has 4 N–H and O–H groups in total. The Hall–Kier alpha value is -4.14. The maximum Gasteiger partial charge on any atom is 0.255 e. The number of imidazole rings is 1. The monoisotopic (exact) mass is 416 g/mol. The topological polar surface area (TPSA) is 128 Å². The number of nitrogens with two attached hydrogens (primary N) is 1. The van der Waals surface area contributed by atoms with Crippen LogP contribution in [0.2, 0.25) is 0 Å². The van der Waals surface area contributed by atoms with E-state index < -0.39 is 5.91 Å². The van der Waals surface area contributed by atoms with Crippen LogP contribution in [-0.2, 0) is 9.59 Å². The van der Waals surface area contributed by atoms with E-state index in [4.69, 9.17) is 10.5 Å². The van der Waals surface area contributed by atoms with E-state index in [1.807, 2.05) is 43.3 Å². The fourth-order valence-electron chi connectivity index (χ4n) is 3.98. The number of aryl methyl sites for hydroxylation is 1. The van der Waals surface area contributed by atoms with Crippen LogP contribution in [0.25, 0.3) is 17.0 Å². The maximum absolute atomic E-state index is 12.6. The first kappa shape index (κ1) is 18.9. The second-order valence-corrected chi connectivity index (χ2v) is 7.47. The van der Waals surface area contributed by atoms with Gasteiger partial charge >= 0.3 is 0 Å². The van der Waals surface area contributed by atoms with E-state index in [0.29, 0.717) is 23.9 Å². The van der Waals surface area contributed by atoms with Gasteiger partial charge in [-0.05, 0) is 36.8 Å². The van der Waals surface area contributed by atoms with Gasteiger partial charge in [-0.1, -0.05) is 24.3 Å². The van der Waals surface area contributed by atoms with E-state index in [1.54, 1.807) is 16.8 Å². The molecule has 0 spiro atoms. The highest BCUT2D eigenvalue weighted by Gasteiger charge is 2.33. The van der Waals surface area contributed by atoms with E-state index in [-0.39, 0.29) is 18.4 Å². The lowest BCUT2D eigenvalue weighted by molar-refractivity contribution is -0.120. The Kier molecular flexibility index (Phi) is 4.43. The van der Waals surface area contributed by atoms with Crippen LogP contribution in [0.3, 0.4) is 0 Å². The van der Waals surface area contributed by atoms with Gasteiger partial charge in [0.1, 0.15) is 11.6 Å². The number of anilines is 1. The van der Waals surface area contributed by atoms with Crippen molar-refractivity contribution in [3.8, 4) is 11.7 Å². The summed E-state index contributed by atoms with van der Waals surface area (Å²) in [5.41, 5.74) is 9.56. The lowest BCUT2D eigenvalue weighted by atomic mass is 9.86. The molecule has 2 aromatic heterocycles. The molecule has 0 bridgehead atoms. The van der Waals surface area contributed by atoms with Crippen LogP contribution in [0.5, 0.6) is 5.75 Å². The normalized spacial score (nSPS) is 15.5. The fourth-order valence-corrected chi connectivity index (χ4v) is 3.98. The number of primary amides is 1. The number of ether oxygens (including phenoxy) is 1. The highest BCUT2D eigenvalue weighted by molar-refractivity contribution is 5.95. The number of carbonyl (C=O) groups excluding carboxylic acids is 2. The molecule has 1 atom stereocenters. The number of para-hydroxylation sites is 2. The average molecular weight is 416 g/mol. The van der Waals surface area contributed by atoms with Gasteiger partial charge < -0.3 is 20.8 Å². The summed E-state index contributed by atoms with van der Waals surface area (Å²) in [4.78, 5) is 31.3. The van der Waals surface area contributed by atoms with Crippen molar-refractivity contribution in [3.63, 3.8) is 0 Å². The predicted octanol–water partition coefficient (Wildman–Crippen LogP) is 2.40. The fraction of sp³-hybridized carbons (Fsp3) is 0.182. The minimum atomic E-state index is -0.536. The third-order valence-electron chi connectivity index (χ3n) is 5.34. The van der Waals surface area contributed by atoms with Gasteiger partial charge in [-0.15, -0.1) is 0 Å². The number of aromatic nitrogens is 4. The second kappa shape index (κ2) is 7.28. The van der Waals surface area contributed by atoms with Crippen molar-refractivity contribution in [2.24, 2.45) is 5.73 Å². The summed E-state index contributed by atoms with van der Waals surface area (Å²) in [6.45, 7) is 1.74. The predicted molar refractivity (Wildman–Crippen MR) is 114 cm³/mol. The minimum absolute atomic E-state index is 0.0937. The van der Waals surface area contributed by atoms with Crippen molar-refractivity contribution < 1.29 is 14.3 Å². The zero-order chi connectivity index (χ0) is 21.5. The molecule has 9 nitrogen and oxygen atoms in total. The molecule has 2 amide bonds. The lowest BCUT2D eigenvalue weighted by Crippen LogP contribution is -2.25. The average Bonchev–Trinajstić information content (AvgIpc) is 3.33. The molecular formula is C22H20N6O3. The standard InChI is InChI=1S/C22H20N6O3/c1-12-20-15(13-6-8-14(9-7-13)31-11-18(23)29)10-19(30)26-21(20)28(27-12)22-24-16-4-2-3-5-17(16)25-22/h2-9,15H,10-11H2,1H3,(H2,23,29)(H,24,25)(H,26,30)/t15-/m0/s1. The smallest absolute Gasteiger partial charge is 0.255 e. The van der Waals surface area contributed by atoms with Crippen molar-refractivity contribution in [2.75, 3.05) is 11.9 Å². The summed E-state index contributed by atoms with van der Waals surface area (Å²) in [5.74, 6) is 0.911. The number of nitrogens with zero attached hydrogens (tertiary/aromatic N) is 3. The first-order chi connectivity index (χ1) is 15.0. The van der Waals surface area contributed by atoms with E-state index in [1.165, 1.54) is 0 Å². The molecule has 0 fully saturated rings. The Morgan fingerprint density at radius 2 is 2.00 bits per heavy atom. The minimum Gasteiger partial charge on any atom is -0.484 e. The van der Waals surface area contributed by atoms with Crippen LogP contribution in [0.1, 0.15) is 29.2 Å². The summed E-state index contributed by atoms with van der Waals surface area (Å²) >= 11 is 0. The maximum atomic E-state index is 12.6. The number of aromatic amines is 1. The number of hydrogen-bond donors (Lipinski definition) is 3. The van der Waals surface area contributed by atoms with Crippen molar-refractivity contribution >= 4 is 28.7 Å². The number of nitrogens with one attached hydrogen (secondary N) is 2. The highest BCUT2D eigenvalue weighted by Crippen LogP contribution is 2.40. The molecule has 5 rings (SSSR count). The zero-order valence-corrected chi connectivity index (χ0v) is 16.8. The van der Waals surface area contributed by atoms with Gasteiger partial charge in [0.05, 0.1) is 16.7 Å². The molecule has 0 aliphatic carbocycles.